The molecule has 1 aromatic rings. The molecule has 1 unspecified atom stereocenters. The number of aliphatic carboxylic acids is 1. The molecular weight excluding hydrogens is 230 g/mol. The van der Waals surface area contributed by atoms with Crippen molar-refractivity contribution in [3.8, 4) is 0 Å². The molecule has 1 aliphatic rings. The lowest BCUT2D eigenvalue weighted by atomic mass is 9.88. The van der Waals surface area contributed by atoms with E-state index in [0.717, 1.165) is 37.0 Å². The van der Waals surface area contributed by atoms with Gasteiger partial charge in [-0.25, -0.2) is 4.79 Å². The van der Waals surface area contributed by atoms with Crippen LogP contribution in [0.2, 0.25) is 0 Å². The zero-order valence-corrected chi connectivity index (χ0v) is 9.93. The average molecular weight is 245 g/mol. The normalized spacial score (nSPS) is 18.3. The molecule has 94 valence electrons. The van der Waals surface area contributed by atoms with Gasteiger partial charge in [0.25, 0.3) is 0 Å². The minimum atomic E-state index is -1.12. The van der Waals surface area contributed by atoms with Crippen LogP contribution in [0.25, 0.3) is 0 Å². The number of carbonyl (C=O) groups is 2. The Morgan fingerprint density at radius 3 is 2.83 bits per heavy atom. The molecule has 1 atom stereocenters. The van der Waals surface area contributed by atoms with Crippen molar-refractivity contribution >= 4 is 11.9 Å². The monoisotopic (exact) mass is 245 g/mol. The quantitative estimate of drug-likeness (QED) is 0.798. The molecule has 0 heterocycles. The fraction of sp³-hybridized carbons (Fsp3) is 0.286. The predicted octanol–water partition coefficient (Wildman–Crippen LogP) is 1.82. The number of rotatable bonds is 3. The lowest BCUT2D eigenvalue weighted by Crippen LogP contribution is -2.29. The Morgan fingerprint density at radius 2 is 2.06 bits per heavy atom. The Bertz CT molecular complexity index is 494. The number of benzene rings is 1. The van der Waals surface area contributed by atoms with Gasteiger partial charge in [0.2, 0.25) is 5.91 Å². The second kappa shape index (κ2) is 5.49. The third-order valence-corrected chi connectivity index (χ3v) is 3.06. The van der Waals surface area contributed by atoms with E-state index in [1.54, 1.807) is 0 Å². The number of carboxylic acids is 1. The van der Waals surface area contributed by atoms with Crippen LogP contribution >= 0.6 is 0 Å². The molecule has 0 bridgehead atoms. The van der Waals surface area contributed by atoms with Crippen LogP contribution in [0.15, 0.2) is 36.4 Å². The van der Waals surface area contributed by atoms with E-state index in [2.05, 4.69) is 11.4 Å². The molecule has 1 amide bonds. The summed E-state index contributed by atoms with van der Waals surface area (Å²) in [5, 5.41) is 11.3. The van der Waals surface area contributed by atoms with Gasteiger partial charge in [-0.2, -0.15) is 0 Å². The zero-order chi connectivity index (χ0) is 13.0. The second-order valence-electron chi connectivity index (χ2n) is 4.32. The number of hydrogen-bond donors (Lipinski definition) is 2. The molecule has 0 fully saturated rings. The third kappa shape index (κ3) is 2.97. The van der Waals surface area contributed by atoms with E-state index in [9.17, 15) is 9.59 Å². The fourth-order valence-corrected chi connectivity index (χ4v) is 2.27. The van der Waals surface area contributed by atoms with Gasteiger partial charge >= 0.3 is 5.97 Å². The second-order valence-corrected chi connectivity index (χ2v) is 4.32. The highest BCUT2D eigenvalue weighted by atomic mass is 16.4. The summed E-state index contributed by atoms with van der Waals surface area (Å²) in [7, 11) is 0. The summed E-state index contributed by atoms with van der Waals surface area (Å²) in [6.45, 7) is 0. The van der Waals surface area contributed by atoms with Crippen LogP contribution in [0, 0.1) is 0 Å². The van der Waals surface area contributed by atoms with Crippen molar-refractivity contribution in [3.63, 3.8) is 0 Å². The molecule has 0 aromatic heterocycles. The Balaban J connectivity index is 2.07. The van der Waals surface area contributed by atoms with Crippen molar-refractivity contribution in [2.45, 2.75) is 25.3 Å². The topological polar surface area (TPSA) is 66.4 Å². The minimum absolute atomic E-state index is 0.0131. The first-order valence-corrected chi connectivity index (χ1v) is 5.96. The SMILES string of the molecule is O=C(O)C=CC(=O)NC1CCCc2ccccc21. The van der Waals surface area contributed by atoms with E-state index in [-0.39, 0.29) is 11.9 Å². The van der Waals surface area contributed by atoms with Gasteiger partial charge in [0.15, 0.2) is 0 Å². The maximum atomic E-state index is 11.6. The third-order valence-electron chi connectivity index (χ3n) is 3.06. The van der Waals surface area contributed by atoms with Gasteiger partial charge in [0, 0.05) is 12.2 Å². The van der Waals surface area contributed by atoms with Crippen LogP contribution in [0.3, 0.4) is 0 Å². The van der Waals surface area contributed by atoms with Crippen molar-refractivity contribution in [3.05, 3.63) is 47.5 Å². The molecule has 1 aliphatic carbocycles. The fourth-order valence-electron chi connectivity index (χ4n) is 2.27. The number of hydrogen-bond acceptors (Lipinski definition) is 2. The molecule has 2 N–H and O–H groups in total. The Hall–Kier alpha value is -2.10. The number of amides is 1. The van der Waals surface area contributed by atoms with Crippen molar-refractivity contribution in [2.75, 3.05) is 0 Å². The molecule has 4 nitrogen and oxygen atoms in total. The Morgan fingerprint density at radius 1 is 1.28 bits per heavy atom. The van der Waals surface area contributed by atoms with Crippen molar-refractivity contribution in [1.82, 2.24) is 5.32 Å². The number of nitrogens with one attached hydrogen (secondary N) is 1. The number of carbonyl (C=O) groups excluding carboxylic acids is 1. The summed E-state index contributed by atoms with van der Waals surface area (Å²) in [6, 6.07) is 8.02. The average Bonchev–Trinajstić information content (AvgIpc) is 2.37. The number of aryl methyl sites for hydroxylation is 1. The first kappa shape index (κ1) is 12.4. The smallest absolute Gasteiger partial charge is 0.328 e. The van der Waals surface area contributed by atoms with Gasteiger partial charge in [0.1, 0.15) is 0 Å². The summed E-state index contributed by atoms with van der Waals surface area (Å²) in [5.41, 5.74) is 2.40. The van der Waals surface area contributed by atoms with E-state index < -0.39 is 5.97 Å². The zero-order valence-electron chi connectivity index (χ0n) is 9.93. The number of carboxylic acid groups (broad SMARTS) is 1. The van der Waals surface area contributed by atoms with Gasteiger partial charge in [-0.1, -0.05) is 24.3 Å². The lowest BCUT2D eigenvalue weighted by molar-refractivity contribution is -0.131. The Kier molecular flexibility index (Phi) is 3.77. The molecule has 0 spiro atoms. The van der Waals surface area contributed by atoms with Crippen LogP contribution in [-0.4, -0.2) is 17.0 Å². The molecule has 1 aromatic carbocycles. The largest absolute Gasteiger partial charge is 0.478 e. The molecule has 0 aliphatic heterocycles. The van der Waals surface area contributed by atoms with E-state index in [4.69, 9.17) is 5.11 Å². The van der Waals surface area contributed by atoms with E-state index >= 15 is 0 Å². The van der Waals surface area contributed by atoms with Crippen LogP contribution < -0.4 is 5.32 Å². The van der Waals surface area contributed by atoms with Gasteiger partial charge in [-0.05, 0) is 30.4 Å². The number of fused-ring (bicyclic) bond motifs is 1. The van der Waals surface area contributed by atoms with E-state index in [1.807, 2.05) is 18.2 Å². The summed E-state index contributed by atoms with van der Waals surface area (Å²) in [6.07, 6.45) is 4.87. The van der Waals surface area contributed by atoms with Gasteiger partial charge in [-0.15, -0.1) is 0 Å². The molecule has 4 heteroatoms. The van der Waals surface area contributed by atoms with Gasteiger partial charge < -0.3 is 10.4 Å². The summed E-state index contributed by atoms with van der Waals surface area (Å²) in [5.74, 6) is -1.48. The van der Waals surface area contributed by atoms with Crippen LogP contribution in [-0.2, 0) is 16.0 Å². The van der Waals surface area contributed by atoms with Gasteiger partial charge in [-0.3, -0.25) is 4.79 Å². The maximum absolute atomic E-state index is 11.6. The summed E-state index contributed by atoms with van der Waals surface area (Å²) >= 11 is 0. The standard InChI is InChI=1S/C14H15NO3/c16-13(8-9-14(17)18)15-12-7-3-5-10-4-1-2-6-11(10)12/h1-2,4,6,8-9,12H,3,5,7H2,(H,15,16)(H,17,18). The first-order chi connectivity index (χ1) is 8.66. The Labute approximate surface area is 105 Å². The highest BCUT2D eigenvalue weighted by Crippen LogP contribution is 2.29. The first-order valence-electron chi connectivity index (χ1n) is 5.96. The van der Waals surface area contributed by atoms with Gasteiger partial charge in [0.05, 0.1) is 6.04 Å². The van der Waals surface area contributed by atoms with Crippen LogP contribution in [0.4, 0.5) is 0 Å². The van der Waals surface area contributed by atoms with Crippen molar-refractivity contribution in [1.29, 1.82) is 0 Å². The summed E-state index contributed by atoms with van der Waals surface area (Å²) in [4.78, 5) is 21.9. The van der Waals surface area contributed by atoms with Crippen molar-refractivity contribution < 1.29 is 14.7 Å². The van der Waals surface area contributed by atoms with Crippen LogP contribution in [0.1, 0.15) is 30.0 Å². The molecule has 18 heavy (non-hydrogen) atoms. The minimum Gasteiger partial charge on any atom is -0.478 e. The highest BCUT2D eigenvalue weighted by molar-refractivity contribution is 5.94. The van der Waals surface area contributed by atoms with Crippen LogP contribution in [0.5, 0.6) is 0 Å². The van der Waals surface area contributed by atoms with Crippen molar-refractivity contribution in [2.24, 2.45) is 0 Å². The molecule has 0 radical (unpaired) electrons. The predicted molar refractivity (Wildman–Crippen MR) is 67.0 cm³/mol. The maximum Gasteiger partial charge on any atom is 0.328 e. The van der Waals surface area contributed by atoms with E-state index in [0.29, 0.717) is 0 Å². The highest BCUT2D eigenvalue weighted by Gasteiger charge is 2.20. The summed E-state index contributed by atoms with van der Waals surface area (Å²) < 4.78 is 0. The molecule has 2 rings (SSSR count). The molecule has 0 saturated carbocycles. The molecule has 0 saturated heterocycles. The molecular formula is C14H15NO3. The van der Waals surface area contributed by atoms with E-state index in [1.165, 1.54) is 5.56 Å². The lowest BCUT2D eigenvalue weighted by Gasteiger charge is -2.25.